The molecule has 0 aliphatic heterocycles. The number of ketones is 1. The second-order valence-electron chi connectivity index (χ2n) is 4.22. The summed E-state index contributed by atoms with van der Waals surface area (Å²) in [5, 5.41) is 0. The molecular formula is C13H17NO2. The second kappa shape index (κ2) is 5.23. The zero-order valence-corrected chi connectivity index (χ0v) is 9.26. The van der Waals surface area contributed by atoms with Crippen molar-refractivity contribution in [3.8, 4) is 0 Å². The Morgan fingerprint density at radius 2 is 2.06 bits per heavy atom. The summed E-state index contributed by atoms with van der Waals surface area (Å²) in [6.07, 6.45) is 2.28. The van der Waals surface area contributed by atoms with Gasteiger partial charge in [0.15, 0.2) is 5.78 Å². The number of hydrogen-bond acceptors (Lipinski definition) is 3. The fourth-order valence-corrected chi connectivity index (χ4v) is 2.00. The summed E-state index contributed by atoms with van der Waals surface area (Å²) >= 11 is 0. The van der Waals surface area contributed by atoms with Crippen molar-refractivity contribution >= 4 is 5.78 Å². The summed E-state index contributed by atoms with van der Waals surface area (Å²) in [5.41, 5.74) is 6.93. The normalized spacial score (nSPS) is 25.7. The van der Waals surface area contributed by atoms with E-state index in [2.05, 4.69) is 0 Å². The lowest BCUT2D eigenvalue weighted by Gasteiger charge is -2.27. The van der Waals surface area contributed by atoms with Crippen LogP contribution in [0.5, 0.6) is 0 Å². The molecule has 86 valence electrons. The van der Waals surface area contributed by atoms with E-state index in [1.165, 1.54) is 0 Å². The quantitative estimate of drug-likeness (QED) is 0.841. The largest absolute Gasteiger partial charge is 0.371 e. The lowest BCUT2D eigenvalue weighted by atomic mass is 9.92. The van der Waals surface area contributed by atoms with E-state index in [4.69, 9.17) is 10.5 Å². The van der Waals surface area contributed by atoms with E-state index < -0.39 is 6.04 Å². The molecule has 1 aromatic carbocycles. The van der Waals surface area contributed by atoms with Crippen LogP contribution < -0.4 is 5.73 Å². The molecule has 0 heterocycles. The molecule has 1 aromatic rings. The summed E-state index contributed by atoms with van der Waals surface area (Å²) < 4.78 is 5.71. The van der Waals surface area contributed by atoms with Gasteiger partial charge in [-0.05, 0) is 18.4 Å². The molecule has 1 aliphatic carbocycles. The van der Waals surface area contributed by atoms with Crippen LogP contribution in [0.3, 0.4) is 0 Å². The highest BCUT2D eigenvalue weighted by Crippen LogP contribution is 2.18. The van der Waals surface area contributed by atoms with Crippen LogP contribution in [0, 0.1) is 0 Å². The fourth-order valence-electron chi connectivity index (χ4n) is 2.00. The smallest absolute Gasteiger partial charge is 0.152 e. The van der Waals surface area contributed by atoms with Gasteiger partial charge >= 0.3 is 0 Å². The topological polar surface area (TPSA) is 52.3 Å². The molecule has 1 fully saturated rings. The molecule has 2 N–H and O–H groups in total. The predicted octanol–water partition coefficient (Wildman–Crippen LogP) is 1.65. The molecular weight excluding hydrogens is 202 g/mol. The van der Waals surface area contributed by atoms with Gasteiger partial charge in [0.2, 0.25) is 0 Å². The predicted molar refractivity (Wildman–Crippen MR) is 61.9 cm³/mol. The van der Waals surface area contributed by atoms with Crippen molar-refractivity contribution < 1.29 is 9.53 Å². The van der Waals surface area contributed by atoms with Crippen molar-refractivity contribution in [2.75, 3.05) is 0 Å². The summed E-state index contributed by atoms with van der Waals surface area (Å²) in [6.45, 7) is 0.534. The lowest BCUT2D eigenvalue weighted by Crippen LogP contribution is -2.46. The van der Waals surface area contributed by atoms with E-state index in [1.807, 2.05) is 30.3 Å². The Morgan fingerprint density at radius 3 is 2.81 bits per heavy atom. The minimum atomic E-state index is -0.433. The number of rotatable bonds is 3. The summed E-state index contributed by atoms with van der Waals surface area (Å²) in [4.78, 5) is 11.4. The number of carbonyl (C=O) groups excluding carboxylic acids is 1. The van der Waals surface area contributed by atoms with Gasteiger partial charge in [-0.3, -0.25) is 4.79 Å². The van der Waals surface area contributed by atoms with Crippen LogP contribution in [-0.4, -0.2) is 17.9 Å². The van der Waals surface area contributed by atoms with Crippen molar-refractivity contribution in [2.45, 2.75) is 38.0 Å². The Balaban J connectivity index is 1.88. The highest BCUT2D eigenvalue weighted by atomic mass is 16.5. The van der Waals surface area contributed by atoms with E-state index in [0.29, 0.717) is 13.0 Å². The van der Waals surface area contributed by atoms with Crippen LogP contribution in [0.4, 0.5) is 0 Å². The van der Waals surface area contributed by atoms with Gasteiger partial charge in [-0.2, -0.15) is 0 Å². The van der Waals surface area contributed by atoms with Crippen LogP contribution in [-0.2, 0) is 16.1 Å². The molecule has 3 heteroatoms. The average molecular weight is 219 g/mol. The Morgan fingerprint density at radius 1 is 1.31 bits per heavy atom. The molecule has 0 unspecified atom stereocenters. The fraction of sp³-hybridized carbons (Fsp3) is 0.462. The lowest BCUT2D eigenvalue weighted by molar-refractivity contribution is -0.127. The molecule has 2 atom stereocenters. The maximum Gasteiger partial charge on any atom is 0.152 e. The Hall–Kier alpha value is -1.19. The molecule has 1 saturated carbocycles. The first-order valence-corrected chi connectivity index (χ1v) is 5.71. The number of benzene rings is 1. The second-order valence-corrected chi connectivity index (χ2v) is 4.22. The molecule has 0 radical (unpaired) electrons. The summed E-state index contributed by atoms with van der Waals surface area (Å²) in [6, 6.07) is 9.51. The van der Waals surface area contributed by atoms with Gasteiger partial charge in [-0.1, -0.05) is 30.3 Å². The maximum atomic E-state index is 11.4. The zero-order chi connectivity index (χ0) is 11.4. The monoisotopic (exact) mass is 219 g/mol. The Kier molecular flexibility index (Phi) is 3.70. The summed E-state index contributed by atoms with van der Waals surface area (Å²) in [7, 11) is 0. The number of ether oxygens (including phenoxy) is 1. The maximum absolute atomic E-state index is 11.4. The molecule has 16 heavy (non-hydrogen) atoms. The van der Waals surface area contributed by atoms with Gasteiger partial charge in [-0.15, -0.1) is 0 Å². The van der Waals surface area contributed by atoms with Crippen LogP contribution in [0.2, 0.25) is 0 Å². The van der Waals surface area contributed by atoms with Crippen molar-refractivity contribution in [3.05, 3.63) is 35.9 Å². The SMILES string of the molecule is N[C@@H]1C(=O)CCC[C@H]1OCc1ccccc1. The van der Waals surface area contributed by atoms with E-state index >= 15 is 0 Å². The highest BCUT2D eigenvalue weighted by Gasteiger charge is 2.29. The number of nitrogens with two attached hydrogens (primary N) is 1. The van der Waals surface area contributed by atoms with Gasteiger partial charge in [0.25, 0.3) is 0 Å². The molecule has 0 saturated heterocycles. The molecule has 1 aliphatic rings. The molecule has 0 aromatic heterocycles. The molecule has 0 bridgehead atoms. The third kappa shape index (κ3) is 2.68. The van der Waals surface area contributed by atoms with Crippen LogP contribution in [0.15, 0.2) is 30.3 Å². The van der Waals surface area contributed by atoms with E-state index in [-0.39, 0.29) is 11.9 Å². The first-order chi connectivity index (χ1) is 7.77. The van der Waals surface area contributed by atoms with E-state index in [9.17, 15) is 4.79 Å². The third-order valence-corrected chi connectivity index (χ3v) is 2.99. The van der Waals surface area contributed by atoms with Crippen LogP contribution in [0.25, 0.3) is 0 Å². The van der Waals surface area contributed by atoms with Crippen LogP contribution in [0.1, 0.15) is 24.8 Å². The van der Waals surface area contributed by atoms with E-state index in [0.717, 1.165) is 18.4 Å². The molecule has 3 nitrogen and oxygen atoms in total. The van der Waals surface area contributed by atoms with Gasteiger partial charge in [0.1, 0.15) is 0 Å². The van der Waals surface area contributed by atoms with E-state index in [1.54, 1.807) is 0 Å². The van der Waals surface area contributed by atoms with Crippen molar-refractivity contribution in [1.82, 2.24) is 0 Å². The first kappa shape index (κ1) is 11.3. The Bertz CT molecular complexity index is 350. The number of carbonyl (C=O) groups is 1. The standard InChI is InChI=1S/C13H17NO2/c14-13-11(15)7-4-8-12(13)16-9-10-5-2-1-3-6-10/h1-3,5-6,12-13H,4,7-9,14H2/t12-,13-/m1/s1. The van der Waals surface area contributed by atoms with Crippen molar-refractivity contribution in [3.63, 3.8) is 0 Å². The summed E-state index contributed by atoms with van der Waals surface area (Å²) in [5.74, 6) is 0.129. The number of hydrogen-bond donors (Lipinski definition) is 1. The third-order valence-electron chi connectivity index (χ3n) is 2.99. The van der Waals surface area contributed by atoms with Gasteiger partial charge in [-0.25, -0.2) is 0 Å². The highest BCUT2D eigenvalue weighted by molar-refractivity contribution is 5.85. The first-order valence-electron chi connectivity index (χ1n) is 5.71. The minimum Gasteiger partial charge on any atom is -0.371 e. The van der Waals surface area contributed by atoms with Gasteiger partial charge in [0, 0.05) is 6.42 Å². The Labute approximate surface area is 95.6 Å². The van der Waals surface area contributed by atoms with Gasteiger partial charge in [0.05, 0.1) is 18.8 Å². The molecule has 2 rings (SSSR count). The van der Waals surface area contributed by atoms with Crippen molar-refractivity contribution in [2.24, 2.45) is 5.73 Å². The zero-order valence-electron chi connectivity index (χ0n) is 9.26. The van der Waals surface area contributed by atoms with Gasteiger partial charge < -0.3 is 10.5 Å². The average Bonchev–Trinajstić information content (AvgIpc) is 2.32. The van der Waals surface area contributed by atoms with Crippen molar-refractivity contribution in [1.29, 1.82) is 0 Å². The molecule has 0 amide bonds. The molecule has 0 spiro atoms. The number of Topliss-reactive ketones (excluding diaryl/α,β-unsaturated/α-hetero) is 1. The minimum absolute atomic E-state index is 0.110. The van der Waals surface area contributed by atoms with Crippen LogP contribution >= 0.6 is 0 Å².